The van der Waals surface area contributed by atoms with Crippen LogP contribution in [0.3, 0.4) is 0 Å². The average molecular weight is 1120 g/mol. The quantitative estimate of drug-likeness (QED) is 0.0149. The van der Waals surface area contributed by atoms with E-state index in [0.717, 1.165) is 109 Å². The number of carbonyl (C=O) groups is 2. The molecular formula is C69H115NO10. The number of unbranched alkanes of at least 4 members (excludes halogenated alkanes) is 23. The highest BCUT2D eigenvalue weighted by Gasteiger charge is 2.47. The van der Waals surface area contributed by atoms with Crippen LogP contribution in [-0.4, -0.2) is 99.6 Å². The van der Waals surface area contributed by atoms with Crippen LogP contribution in [0.5, 0.6) is 0 Å². The molecule has 1 aliphatic heterocycles. The summed E-state index contributed by atoms with van der Waals surface area (Å²) in [5.74, 6) is -1.25. The Kier molecular flexibility index (Phi) is 51.5. The van der Waals surface area contributed by atoms with E-state index in [0.29, 0.717) is 12.8 Å². The standard InChI is InChI=1S/C69H115NO10/c1-4-7-10-13-16-19-22-25-26-27-28-29-30-31-32-33-34-35-36-37-39-41-44-47-50-53-56-62(73)68(77)70-60(61(72)55-52-49-46-43-40-24-21-18-15-12-9-6-3)59-78-69-67(66(76)65(75)63(58-71)79-69)80-64(74)57-54-51-48-45-42-38-23-20-17-14-11-8-5-2/h7-8,10-11,14,16-17,19-20,23,25-26,28-29,31-32,38,42,52,55,60-63,65-67,69,71-73,75-76H,4-6,9,12-13,15,18,21-22,24,27,30,33-37,39-41,43-51,53-54,56-59H2,1-3H3,(H,70,77)/b10-7-,11-8+,17-14+,19-16-,23-20-,26-25-,29-28-,32-31-,42-38-,55-52+. The lowest BCUT2D eigenvalue weighted by atomic mass is 9.99. The van der Waals surface area contributed by atoms with Crippen molar-refractivity contribution in [2.75, 3.05) is 13.2 Å². The number of hydrogen-bond acceptors (Lipinski definition) is 10. The molecule has 8 atom stereocenters. The van der Waals surface area contributed by atoms with Crippen molar-refractivity contribution in [3.8, 4) is 0 Å². The number of aliphatic hydroxyl groups is 5. The van der Waals surface area contributed by atoms with Gasteiger partial charge in [-0.1, -0.05) is 264 Å². The van der Waals surface area contributed by atoms with Crippen molar-refractivity contribution in [2.24, 2.45) is 0 Å². The van der Waals surface area contributed by atoms with E-state index in [1.807, 2.05) is 42.5 Å². The molecule has 0 spiro atoms. The summed E-state index contributed by atoms with van der Waals surface area (Å²) in [6.45, 7) is 5.49. The van der Waals surface area contributed by atoms with Crippen molar-refractivity contribution in [1.82, 2.24) is 5.32 Å². The minimum Gasteiger partial charge on any atom is -0.454 e. The molecule has 80 heavy (non-hydrogen) atoms. The molecule has 0 aliphatic carbocycles. The number of ether oxygens (including phenoxy) is 3. The zero-order valence-electron chi connectivity index (χ0n) is 50.4. The maximum absolute atomic E-state index is 13.4. The minimum absolute atomic E-state index is 0.0716. The predicted octanol–water partition coefficient (Wildman–Crippen LogP) is 15.4. The summed E-state index contributed by atoms with van der Waals surface area (Å²) < 4.78 is 17.6. The lowest BCUT2D eigenvalue weighted by Gasteiger charge is -2.41. The fraction of sp³-hybridized carbons (Fsp3) is 0.681. The van der Waals surface area contributed by atoms with Gasteiger partial charge in [0.15, 0.2) is 12.4 Å². The summed E-state index contributed by atoms with van der Waals surface area (Å²) in [5.41, 5.74) is 0. The molecule has 8 unspecified atom stereocenters. The Balaban J connectivity index is 2.62. The zero-order valence-corrected chi connectivity index (χ0v) is 50.4. The second-order valence-electron chi connectivity index (χ2n) is 21.5. The molecular weight excluding hydrogens is 1000 g/mol. The van der Waals surface area contributed by atoms with Crippen molar-refractivity contribution in [2.45, 2.75) is 288 Å². The van der Waals surface area contributed by atoms with Crippen LogP contribution in [0.25, 0.3) is 0 Å². The summed E-state index contributed by atoms with van der Waals surface area (Å²) in [4.78, 5) is 26.5. The molecule has 1 saturated heterocycles. The Bertz CT molecular complexity index is 1760. The van der Waals surface area contributed by atoms with Gasteiger partial charge in [-0.25, -0.2) is 0 Å². The molecule has 0 saturated carbocycles. The van der Waals surface area contributed by atoms with E-state index in [9.17, 15) is 35.1 Å². The first-order valence-corrected chi connectivity index (χ1v) is 31.9. The zero-order chi connectivity index (χ0) is 58.2. The van der Waals surface area contributed by atoms with Gasteiger partial charge in [-0.2, -0.15) is 0 Å². The van der Waals surface area contributed by atoms with Crippen LogP contribution >= 0.6 is 0 Å². The molecule has 0 aromatic heterocycles. The normalized spacial score (nSPS) is 19.6. The predicted molar refractivity (Wildman–Crippen MR) is 333 cm³/mol. The Morgan fingerprint density at radius 1 is 0.512 bits per heavy atom. The number of carbonyl (C=O) groups excluding carboxylic acids is 2. The summed E-state index contributed by atoms with van der Waals surface area (Å²) in [6.07, 6.45) is 66.8. The summed E-state index contributed by atoms with van der Waals surface area (Å²) in [7, 11) is 0. The number of allylic oxidation sites excluding steroid dienone is 19. The monoisotopic (exact) mass is 1120 g/mol. The molecule has 0 aromatic rings. The van der Waals surface area contributed by atoms with E-state index < -0.39 is 67.4 Å². The smallest absolute Gasteiger partial charge is 0.306 e. The number of rotatable bonds is 52. The molecule has 11 nitrogen and oxygen atoms in total. The van der Waals surface area contributed by atoms with E-state index in [2.05, 4.69) is 99.0 Å². The van der Waals surface area contributed by atoms with Gasteiger partial charge in [0.2, 0.25) is 5.91 Å². The van der Waals surface area contributed by atoms with Crippen molar-refractivity contribution in [3.05, 3.63) is 122 Å². The van der Waals surface area contributed by atoms with E-state index in [4.69, 9.17) is 14.2 Å². The first-order valence-electron chi connectivity index (χ1n) is 31.9. The summed E-state index contributed by atoms with van der Waals surface area (Å²) >= 11 is 0. The van der Waals surface area contributed by atoms with Crippen LogP contribution in [0.15, 0.2) is 122 Å². The van der Waals surface area contributed by atoms with Crippen LogP contribution in [0, 0.1) is 0 Å². The van der Waals surface area contributed by atoms with Crippen molar-refractivity contribution < 1.29 is 49.3 Å². The lowest BCUT2D eigenvalue weighted by molar-refractivity contribution is -0.305. The number of esters is 1. The summed E-state index contributed by atoms with van der Waals surface area (Å²) in [6, 6.07) is -1.04. The van der Waals surface area contributed by atoms with Gasteiger partial charge in [-0.15, -0.1) is 0 Å². The van der Waals surface area contributed by atoms with E-state index in [-0.39, 0.29) is 19.4 Å². The van der Waals surface area contributed by atoms with Gasteiger partial charge in [-0.05, 0) is 89.9 Å². The lowest BCUT2D eigenvalue weighted by Crippen LogP contribution is -2.61. The molecule has 1 fully saturated rings. The van der Waals surface area contributed by atoms with Gasteiger partial charge >= 0.3 is 5.97 Å². The molecule has 0 bridgehead atoms. The van der Waals surface area contributed by atoms with Gasteiger partial charge in [0, 0.05) is 6.42 Å². The van der Waals surface area contributed by atoms with Crippen LogP contribution in [0.4, 0.5) is 0 Å². The number of nitrogens with one attached hydrogen (secondary N) is 1. The highest BCUT2D eigenvalue weighted by Crippen LogP contribution is 2.26. The number of aliphatic hydroxyl groups excluding tert-OH is 5. The van der Waals surface area contributed by atoms with Crippen molar-refractivity contribution in [1.29, 1.82) is 0 Å². The first-order chi connectivity index (χ1) is 39.2. The molecule has 1 amide bonds. The van der Waals surface area contributed by atoms with Crippen molar-refractivity contribution >= 4 is 11.9 Å². The second kappa shape index (κ2) is 55.6. The third-order valence-corrected chi connectivity index (χ3v) is 14.2. The Hall–Kier alpha value is -3.94. The van der Waals surface area contributed by atoms with Crippen LogP contribution in [0.1, 0.15) is 239 Å². The fourth-order valence-corrected chi connectivity index (χ4v) is 9.22. The molecule has 1 heterocycles. The highest BCUT2D eigenvalue weighted by atomic mass is 16.7. The Morgan fingerprint density at radius 2 is 0.963 bits per heavy atom. The summed E-state index contributed by atoms with van der Waals surface area (Å²) in [5, 5.41) is 57.0. The molecule has 6 N–H and O–H groups in total. The van der Waals surface area contributed by atoms with E-state index in [1.165, 1.54) is 83.5 Å². The van der Waals surface area contributed by atoms with Gasteiger partial charge < -0.3 is 45.1 Å². The molecule has 456 valence electrons. The van der Waals surface area contributed by atoms with Crippen molar-refractivity contribution in [3.63, 3.8) is 0 Å². The molecule has 1 rings (SSSR count). The Morgan fingerprint density at radius 3 is 1.50 bits per heavy atom. The fourth-order valence-electron chi connectivity index (χ4n) is 9.22. The topological polar surface area (TPSA) is 175 Å². The van der Waals surface area contributed by atoms with Crippen LogP contribution in [0.2, 0.25) is 0 Å². The maximum atomic E-state index is 13.4. The van der Waals surface area contributed by atoms with E-state index >= 15 is 0 Å². The van der Waals surface area contributed by atoms with Crippen LogP contribution in [-0.2, 0) is 23.8 Å². The Labute approximate surface area is 487 Å². The molecule has 0 radical (unpaired) electrons. The molecule has 1 aliphatic rings. The van der Waals surface area contributed by atoms with Gasteiger partial charge in [0.1, 0.15) is 24.4 Å². The third kappa shape index (κ3) is 42.8. The maximum Gasteiger partial charge on any atom is 0.306 e. The minimum atomic E-state index is -1.64. The average Bonchev–Trinajstić information content (AvgIpc) is 3.51. The molecule has 11 heteroatoms. The van der Waals surface area contributed by atoms with Gasteiger partial charge in [0.05, 0.1) is 25.4 Å². The number of hydrogen-bond donors (Lipinski definition) is 6. The van der Waals surface area contributed by atoms with Gasteiger partial charge in [0.25, 0.3) is 0 Å². The van der Waals surface area contributed by atoms with Crippen LogP contribution < -0.4 is 5.32 Å². The van der Waals surface area contributed by atoms with Gasteiger partial charge in [-0.3, -0.25) is 9.59 Å². The first kappa shape index (κ1) is 74.1. The SMILES string of the molecule is CC/C=C\C/C=C\C/C=C\C/C=C\C/C=C\CCCCCCCCCCCCC(O)C(=O)NC(COC1OC(CO)C(O)C(O)C1OC(=O)CCCCC\C=C/C=C\C=C\C=C\CC)C(O)/C=C/CCCCCCCCCCCC. The van der Waals surface area contributed by atoms with E-state index in [1.54, 1.807) is 6.08 Å². The largest absolute Gasteiger partial charge is 0.454 e. The third-order valence-electron chi connectivity index (χ3n) is 14.2. The highest BCUT2D eigenvalue weighted by molar-refractivity contribution is 5.80. The number of amides is 1. The molecule has 0 aromatic carbocycles. The second-order valence-corrected chi connectivity index (χ2v) is 21.5.